The topological polar surface area (TPSA) is 57.6 Å². The predicted molar refractivity (Wildman–Crippen MR) is 77.0 cm³/mol. The molecule has 20 heavy (non-hydrogen) atoms. The van der Waals surface area contributed by atoms with Crippen LogP contribution in [0.5, 0.6) is 0 Å². The monoisotopic (exact) mass is 293 g/mol. The molecule has 1 saturated heterocycles. The number of aliphatic carboxylic acids is 1. The van der Waals surface area contributed by atoms with E-state index in [2.05, 4.69) is 0 Å². The molecular formula is C15H19NO3S. The Hall–Kier alpha value is -1.36. The van der Waals surface area contributed by atoms with E-state index in [1.807, 2.05) is 11.4 Å². The second kappa shape index (κ2) is 5.56. The maximum atomic E-state index is 12.8. The molecule has 1 aromatic heterocycles. The zero-order chi connectivity index (χ0) is 14.1. The molecular weight excluding hydrogens is 274 g/mol. The van der Waals surface area contributed by atoms with Gasteiger partial charge in [0.25, 0.3) is 0 Å². The van der Waals surface area contributed by atoms with Crippen LogP contribution in [0.4, 0.5) is 0 Å². The third-order valence-corrected chi connectivity index (χ3v) is 5.42. The standard InChI is InChI=1S/C15H19NO3S/c17-14(16-8-2-1-5-12(16)15(18)19)11-4-3-6-13-10(11)7-9-20-13/h7,9,11-12H,1-6,8H2,(H,18,19)/t11-,12-/m1/s1. The van der Waals surface area contributed by atoms with Gasteiger partial charge in [-0.2, -0.15) is 0 Å². The smallest absolute Gasteiger partial charge is 0.326 e. The molecule has 4 nitrogen and oxygen atoms in total. The van der Waals surface area contributed by atoms with E-state index in [9.17, 15) is 14.7 Å². The number of carboxylic acid groups (broad SMARTS) is 1. The van der Waals surface area contributed by atoms with Crippen LogP contribution in [0.15, 0.2) is 11.4 Å². The fourth-order valence-electron chi connectivity index (χ4n) is 3.40. The third-order valence-electron chi connectivity index (χ3n) is 4.42. The van der Waals surface area contributed by atoms with E-state index >= 15 is 0 Å². The predicted octanol–water partition coefficient (Wildman–Crippen LogP) is 2.63. The summed E-state index contributed by atoms with van der Waals surface area (Å²) >= 11 is 1.71. The summed E-state index contributed by atoms with van der Waals surface area (Å²) in [5.41, 5.74) is 1.14. The summed E-state index contributed by atoms with van der Waals surface area (Å²) in [6.07, 6.45) is 5.33. The molecule has 0 radical (unpaired) electrons. The van der Waals surface area contributed by atoms with Gasteiger partial charge in [-0.15, -0.1) is 11.3 Å². The minimum absolute atomic E-state index is 0.0245. The Kier molecular flexibility index (Phi) is 3.78. The molecule has 0 spiro atoms. The molecule has 0 aromatic carbocycles. The van der Waals surface area contributed by atoms with E-state index in [1.54, 1.807) is 16.2 Å². The van der Waals surface area contributed by atoms with Crippen LogP contribution in [0, 0.1) is 0 Å². The molecule has 1 fully saturated rings. The van der Waals surface area contributed by atoms with Crippen LogP contribution in [0.25, 0.3) is 0 Å². The highest BCUT2D eigenvalue weighted by atomic mass is 32.1. The van der Waals surface area contributed by atoms with E-state index in [-0.39, 0.29) is 11.8 Å². The summed E-state index contributed by atoms with van der Waals surface area (Å²) in [6.45, 7) is 0.589. The summed E-state index contributed by atoms with van der Waals surface area (Å²) < 4.78 is 0. The molecule has 0 saturated carbocycles. The van der Waals surface area contributed by atoms with Gasteiger partial charge in [0.05, 0.1) is 5.92 Å². The highest BCUT2D eigenvalue weighted by molar-refractivity contribution is 7.10. The lowest BCUT2D eigenvalue weighted by atomic mass is 9.85. The Bertz CT molecular complexity index is 525. The Labute approximate surface area is 122 Å². The van der Waals surface area contributed by atoms with Crippen molar-refractivity contribution in [2.45, 2.75) is 50.5 Å². The summed E-state index contributed by atoms with van der Waals surface area (Å²) in [5, 5.41) is 11.4. The van der Waals surface area contributed by atoms with Gasteiger partial charge in [-0.1, -0.05) is 0 Å². The fourth-order valence-corrected chi connectivity index (χ4v) is 4.38. The molecule has 2 heterocycles. The number of rotatable bonds is 2. The number of aryl methyl sites for hydroxylation is 1. The number of nitrogens with zero attached hydrogens (tertiary/aromatic N) is 1. The van der Waals surface area contributed by atoms with Crippen molar-refractivity contribution in [1.29, 1.82) is 0 Å². The molecule has 2 aliphatic rings. The first-order valence-electron chi connectivity index (χ1n) is 7.28. The van der Waals surface area contributed by atoms with Crippen LogP contribution in [0.1, 0.15) is 48.5 Å². The second-order valence-corrected chi connectivity index (χ2v) is 6.63. The maximum Gasteiger partial charge on any atom is 0.326 e. The Balaban J connectivity index is 1.84. The van der Waals surface area contributed by atoms with E-state index < -0.39 is 12.0 Å². The van der Waals surface area contributed by atoms with Crippen molar-refractivity contribution >= 4 is 23.2 Å². The lowest BCUT2D eigenvalue weighted by Gasteiger charge is -2.36. The highest BCUT2D eigenvalue weighted by Gasteiger charge is 2.37. The number of amides is 1. The molecule has 0 bridgehead atoms. The molecule has 0 unspecified atom stereocenters. The SMILES string of the molecule is O=C(O)[C@H]1CCCCN1C(=O)[C@@H]1CCCc2sccc21. The van der Waals surface area contributed by atoms with E-state index in [0.29, 0.717) is 13.0 Å². The largest absolute Gasteiger partial charge is 0.480 e. The van der Waals surface area contributed by atoms with Crippen molar-refractivity contribution in [1.82, 2.24) is 4.90 Å². The second-order valence-electron chi connectivity index (χ2n) is 5.63. The molecule has 108 valence electrons. The van der Waals surface area contributed by atoms with Gasteiger partial charge in [-0.25, -0.2) is 4.79 Å². The molecule has 1 aromatic rings. The summed E-state index contributed by atoms with van der Waals surface area (Å²) in [7, 11) is 0. The lowest BCUT2D eigenvalue weighted by molar-refractivity contribution is -0.152. The maximum absolute atomic E-state index is 12.8. The molecule has 3 rings (SSSR count). The van der Waals surface area contributed by atoms with Gasteiger partial charge in [0, 0.05) is 11.4 Å². The summed E-state index contributed by atoms with van der Waals surface area (Å²) in [4.78, 5) is 27.1. The zero-order valence-corrected chi connectivity index (χ0v) is 12.2. The number of thiophene rings is 1. The van der Waals surface area contributed by atoms with Crippen LogP contribution in [-0.2, 0) is 16.0 Å². The van der Waals surface area contributed by atoms with Gasteiger partial charge < -0.3 is 10.0 Å². The number of hydrogen-bond acceptors (Lipinski definition) is 3. The normalized spacial score (nSPS) is 26.1. The zero-order valence-electron chi connectivity index (χ0n) is 11.4. The molecule has 1 amide bonds. The molecule has 1 aliphatic heterocycles. The van der Waals surface area contributed by atoms with Crippen LogP contribution in [0.3, 0.4) is 0 Å². The number of carbonyl (C=O) groups is 2. The number of fused-ring (bicyclic) bond motifs is 1. The number of hydrogen-bond donors (Lipinski definition) is 1. The van der Waals surface area contributed by atoms with Crippen molar-refractivity contribution in [2.75, 3.05) is 6.54 Å². The van der Waals surface area contributed by atoms with E-state index in [4.69, 9.17) is 0 Å². The van der Waals surface area contributed by atoms with Crippen molar-refractivity contribution in [3.05, 3.63) is 21.9 Å². The van der Waals surface area contributed by atoms with Gasteiger partial charge in [0.2, 0.25) is 5.91 Å². The number of likely N-dealkylation sites (tertiary alicyclic amines) is 1. The highest BCUT2D eigenvalue weighted by Crippen LogP contribution is 2.37. The van der Waals surface area contributed by atoms with E-state index in [0.717, 1.165) is 37.7 Å². The molecule has 1 N–H and O–H groups in total. The Morgan fingerprint density at radius 2 is 2.10 bits per heavy atom. The number of piperidine rings is 1. The average Bonchev–Trinajstić information content (AvgIpc) is 2.94. The molecule has 5 heteroatoms. The van der Waals surface area contributed by atoms with Gasteiger partial charge in [0.15, 0.2) is 0 Å². The van der Waals surface area contributed by atoms with Crippen LogP contribution in [0.2, 0.25) is 0 Å². The van der Waals surface area contributed by atoms with Crippen molar-refractivity contribution < 1.29 is 14.7 Å². The first kappa shape index (κ1) is 13.6. The Morgan fingerprint density at radius 3 is 2.90 bits per heavy atom. The average molecular weight is 293 g/mol. The molecule has 1 aliphatic carbocycles. The Morgan fingerprint density at radius 1 is 1.25 bits per heavy atom. The van der Waals surface area contributed by atoms with Crippen LogP contribution in [-0.4, -0.2) is 34.5 Å². The van der Waals surface area contributed by atoms with Gasteiger partial charge in [-0.05, 0) is 55.5 Å². The van der Waals surface area contributed by atoms with Crippen molar-refractivity contribution in [3.8, 4) is 0 Å². The van der Waals surface area contributed by atoms with Crippen molar-refractivity contribution in [3.63, 3.8) is 0 Å². The van der Waals surface area contributed by atoms with Crippen LogP contribution < -0.4 is 0 Å². The minimum atomic E-state index is -0.862. The molecule has 2 atom stereocenters. The number of carbonyl (C=O) groups excluding carboxylic acids is 1. The third kappa shape index (κ3) is 2.35. The van der Waals surface area contributed by atoms with Crippen molar-refractivity contribution in [2.24, 2.45) is 0 Å². The quantitative estimate of drug-likeness (QED) is 0.912. The lowest BCUT2D eigenvalue weighted by Crippen LogP contribution is -2.49. The van der Waals surface area contributed by atoms with Gasteiger partial charge >= 0.3 is 5.97 Å². The van der Waals surface area contributed by atoms with Gasteiger partial charge in [-0.3, -0.25) is 4.79 Å². The first-order chi connectivity index (χ1) is 9.68. The van der Waals surface area contributed by atoms with Gasteiger partial charge in [0.1, 0.15) is 6.04 Å². The fraction of sp³-hybridized carbons (Fsp3) is 0.600. The first-order valence-corrected chi connectivity index (χ1v) is 8.16. The summed E-state index contributed by atoms with van der Waals surface area (Å²) in [5.74, 6) is -0.958. The van der Waals surface area contributed by atoms with Crippen LogP contribution >= 0.6 is 11.3 Å². The summed E-state index contributed by atoms with van der Waals surface area (Å²) in [6, 6.07) is 1.42. The number of carboxylic acids is 1. The van der Waals surface area contributed by atoms with E-state index in [1.165, 1.54) is 4.88 Å². The minimum Gasteiger partial charge on any atom is -0.480 e.